The molecule has 172 valence electrons. The second-order valence-electron chi connectivity index (χ2n) is 5.85. The molecular formula is C22H29BrF3N3OS. The maximum Gasteiger partial charge on any atom is 0.435 e. The van der Waals surface area contributed by atoms with E-state index in [9.17, 15) is 13.2 Å². The standard InChI is InChI=1S/C19H20F3N3OS.C2H6.CH3Br/c1-3-17(27-4-2)16-13-18(19(20,21)22)23-25(16)15-8-6-5-7-14(15)24-9-11-26-12-10-24;2*1-2/h3-8,13H,2,9-12H2,1H3;1-2H3;1H3/b17-3-;;. The van der Waals surface area contributed by atoms with Gasteiger partial charge in [0.05, 0.1) is 30.3 Å². The summed E-state index contributed by atoms with van der Waals surface area (Å²) in [6.07, 6.45) is -2.76. The smallest absolute Gasteiger partial charge is 0.378 e. The summed E-state index contributed by atoms with van der Waals surface area (Å²) in [7, 11) is 0. The van der Waals surface area contributed by atoms with Gasteiger partial charge in [-0.1, -0.05) is 66.3 Å². The van der Waals surface area contributed by atoms with Crippen molar-refractivity contribution in [2.75, 3.05) is 37.0 Å². The van der Waals surface area contributed by atoms with Crippen molar-refractivity contribution in [3.05, 3.63) is 59.8 Å². The van der Waals surface area contributed by atoms with Crippen LogP contribution in [0.4, 0.5) is 18.9 Å². The Labute approximate surface area is 195 Å². The largest absolute Gasteiger partial charge is 0.435 e. The van der Waals surface area contributed by atoms with Crippen LogP contribution in [0.3, 0.4) is 0 Å². The highest BCUT2D eigenvalue weighted by Gasteiger charge is 2.36. The first kappa shape index (κ1) is 27.3. The van der Waals surface area contributed by atoms with Crippen molar-refractivity contribution in [1.82, 2.24) is 9.78 Å². The number of hydrogen-bond acceptors (Lipinski definition) is 4. The van der Waals surface area contributed by atoms with Gasteiger partial charge in [-0.3, -0.25) is 0 Å². The quantitative estimate of drug-likeness (QED) is 0.397. The molecule has 2 aromatic rings. The minimum Gasteiger partial charge on any atom is -0.378 e. The first-order chi connectivity index (χ1) is 15.0. The lowest BCUT2D eigenvalue weighted by Gasteiger charge is -2.30. The fourth-order valence-electron chi connectivity index (χ4n) is 2.96. The van der Waals surface area contributed by atoms with Gasteiger partial charge >= 0.3 is 6.18 Å². The lowest BCUT2D eigenvalue weighted by molar-refractivity contribution is -0.141. The summed E-state index contributed by atoms with van der Waals surface area (Å²) in [5, 5.41) is 5.49. The number of hydrogen-bond donors (Lipinski definition) is 0. The fourth-order valence-corrected chi connectivity index (χ4v) is 3.54. The predicted octanol–water partition coefficient (Wildman–Crippen LogP) is 7.00. The van der Waals surface area contributed by atoms with E-state index >= 15 is 0 Å². The number of allylic oxidation sites excluding steroid dienone is 1. The Balaban J connectivity index is 0.00000113. The van der Waals surface area contributed by atoms with Crippen molar-refractivity contribution in [3.63, 3.8) is 0 Å². The van der Waals surface area contributed by atoms with Crippen molar-refractivity contribution in [3.8, 4) is 5.69 Å². The molecule has 1 aliphatic rings. The van der Waals surface area contributed by atoms with Gasteiger partial charge in [-0.15, -0.1) is 0 Å². The summed E-state index contributed by atoms with van der Waals surface area (Å²) in [6, 6.07) is 8.44. The van der Waals surface area contributed by atoms with Crippen LogP contribution >= 0.6 is 27.7 Å². The number of ether oxygens (including phenoxy) is 1. The molecule has 4 nitrogen and oxygen atoms in total. The molecule has 0 radical (unpaired) electrons. The average Bonchev–Trinajstić information content (AvgIpc) is 3.26. The molecule has 31 heavy (non-hydrogen) atoms. The third kappa shape index (κ3) is 7.15. The van der Waals surface area contributed by atoms with Crippen LogP contribution in [0.25, 0.3) is 10.6 Å². The molecule has 0 saturated carbocycles. The SMILES string of the molecule is C=CS/C(=C\C)c1cc(C(F)(F)F)nn1-c1ccccc1N1CCOCC1.CBr.CC. The second-order valence-corrected chi connectivity index (χ2v) is 6.86. The van der Waals surface area contributed by atoms with Gasteiger partial charge < -0.3 is 9.64 Å². The molecule has 0 unspecified atom stereocenters. The summed E-state index contributed by atoms with van der Waals surface area (Å²) in [5.41, 5.74) is 0.903. The number of morpholine rings is 1. The van der Waals surface area contributed by atoms with Crippen LogP contribution in [-0.2, 0) is 10.9 Å². The molecule has 9 heteroatoms. The number of halogens is 4. The van der Waals surface area contributed by atoms with E-state index in [1.54, 1.807) is 30.5 Å². The molecule has 0 bridgehead atoms. The molecule has 0 spiro atoms. The Morgan fingerprint density at radius 1 is 1.16 bits per heavy atom. The molecule has 0 atom stereocenters. The minimum atomic E-state index is -4.52. The second kappa shape index (κ2) is 13.6. The maximum atomic E-state index is 13.4. The normalized spacial score (nSPS) is 14.2. The number of nitrogens with zero attached hydrogens (tertiary/aromatic N) is 3. The van der Waals surface area contributed by atoms with Crippen molar-refractivity contribution < 1.29 is 17.9 Å². The summed E-state index contributed by atoms with van der Waals surface area (Å²) in [5.74, 6) is 1.81. The highest BCUT2D eigenvalue weighted by molar-refractivity contribution is 9.08. The predicted molar refractivity (Wildman–Crippen MR) is 129 cm³/mol. The first-order valence-electron chi connectivity index (χ1n) is 9.87. The number of aromatic nitrogens is 2. The van der Waals surface area contributed by atoms with Crippen LogP contribution in [0, 0.1) is 0 Å². The van der Waals surface area contributed by atoms with E-state index in [0.29, 0.717) is 42.6 Å². The van der Waals surface area contributed by atoms with E-state index in [-0.39, 0.29) is 0 Å². The number of benzene rings is 1. The van der Waals surface area contributed by atoms with Gasteiger partial charge in [0, 0.05) is 18.0 Å². The molecule has 0 amide bonds. The highest BCUT2D eigenvalue weighted by atomic mass is 79.9. The zero-order chi connectivity index (χ0) is 23.4. The minimum absolute atomic E-state index is 0.385. The summed E-state index contributed by atoms with van der Waals surface area (Å²) >= 11 is 4.20. The Hall–Kier alpha value is -1.71. The zero-order valence-electron chi connectivity index (χ0n) is 18.2. The summed E-state index contributed by atoms with van der Waals surface area (Å²) in [6.45, 7) is 12.0. The molecule has 1 aliphatic heterocycles. The van der Waals surface area contributed by atoms with Gasteiger partial charge in [0.25, 0.3) is 0 Å². The van der Waals surface area contributed by atoms with Crippen LogP contribution in [0.2, 0.25) is 0 Å². The van der Waals surface area contributed by atoms with Gasteiger partial charge in [0.1, 0.15) is 0 Å². The fraction of sp³-hybridized carbons (Fsp3) is 0.409. The van der Waals surface area contributed by atoms with E-state index in [2.05, 4.69) is 32.5 Å². The molecule has 0 aliphatic carbocycles. The van der Waals surface area contributed by atoms with Crippen molar-refractivity contribution in [2.45, 2.75) is 26.9 Å². The first-order valence-corrected chi connectivity index (χ1v) is 12.3. The van der Waals surface area contributed by atoms with Crippen molar-refractivity contribution in [1.29, 1.82) is 0 Å². The Bertz CT molecular complexity index is 847. The van der Waals surface area contributed by atoms with E-state index < -0.39 is 11.9 Å². The average molecular weight is 520 g/mol. The monoisotopic (exact) mass is 519 g/mol. The number of anilines is 1. The van der Waals surface area contributed by atoms with E-state index in [1.165, 1.54) is 16.4 Å². The van der Waals surface area contributed by atoms with Crippen molar-refractivity contribution in [2.24, 2.45) is 0 Å². The topological polar surface area (TPSA) is 30.3 Å². The number of rotatable bonds is 5. The molecule has 1 aromatic heterocycles. The molecule has 0 N–H and O–H groups in total. The van der Waals surface area contributed by atoms with Gasteiger partial charge in [0.15, 0.2) is 5.69 Å². The molecule has 1 saturated heterocycles. The van der Waals surface area contributed by atoms with Crippen LogP contribution in [0.5, 0.6) is 0 Å². The third-order valence-electron chi connectivity index (χ3n) is 4.19. The van der Waals surface area contributed by atoms with E-state index in [0.717, 1.165) is 11.8 Å². The zero-order valence-corrected chi connectivity index (χ0v) is 20.6. The van der Waals surface area contributed by atoms with E-state index in [4.69, 9.17) is 4.74 Å². The summed E-state index contributed by atoms with van der Waals surface area (Å²) < 4.78 is 46.8. The van der Waals surface area contributed by atoms with Gasteiger partial charge in [0.2, 0.25) is 0 Å². The van der Waals surface area contributed by atoms with E-state index in [1.807, 2.05) is 31.8 Å². The Morgan fingerprint density at radius 2 is 1.74 bits per heavy atom. The lowest BCUT2D eigenvalue weighted by Crippen LogP contribution is -2.36. The summed E-state index contributed by atoms with van der Waals surface area (Å²) in [4.78, 5) is 2.76. The van der Waals surface area contributed by atoms with Crippen LogP contribution in [0.15, 0.2) is 48.4 Å². The molecule has 1 aromatic carbocycles. The lowest BCUT2D eigenvalue weighted by atomic mass is 10.2. The van der Waals surface area contributed by atoms with Gasteiger partial charge in [-0.25, -0.2) is 4.68 Å². The molecule has 1 fully saturated rings. The van der Waals surface area contributed by atoms with Crippen LogP contribution in [-0.4, -0.2) is 41.9 Å². The Kier molecular flexibility index (Phi) is 12.0. The van der Waals surface area contributed by atoms with Gasteiger partial charge in [-0.05, 0) is 36.4 Å². The number of para-hydroxylation sites is 2. The molecule has 3 rings (SSSR count). The molecular weight excluding hydrogens is 491 g/mol. The maximum absolute atomic E-state index is 13.4. The Morgan fingerprint density at radius 3 is 2.26 bits per heavy atom. The highest BCUT2D eigenvalue weighted by Crippen LogP contribution is 2.37. The molecule has 2 heterocycles. The number of alkyl halides is 4. The van der Waals surface area contributed by atoms with Gasteiger partial charge in [-0.2, -0.15) is 18.3 Å². The van der Waals surface area contributed by atoms with Crippen LogP contribution < -0.4 is 4.90 Å². The van der Waals surface area contributed by atoms with Crippen molar-refractivity contribution >= 4 is 38.3 Å². The van der Waals surface area contributed by atoms with Crippen LogP contribution in [0.1, 0.15) is 32.2 Å². The third-order valence-corrected chi connectivity index (χ3v) is 5.05. The number of thioether (sulfide) groups is 1.